The van der Waals surface area contributed by atoms with Gasteiger partial charge in [0.15, 0.2) is 0 Å². The molecule has 2 aliphatic rings. The zero-order valence-electron chi connectivity index (χ0n) is 10.5. The standard InChI is InChI=1S/C13H19N3O2/c17-12(18)13-4-1-3-11(13)9-15(10-13)7-8-16-6-2-5-14-16/h2,5-6,11H,1,3-4,7-10H2,(H,17,18)/t11-,13+/m0/s1. The van der Waals surface area contributed by atoms with E-state index in [0.29, 0.717) is 12.5 Å². The molecule has 5 nitrogen and oxygen atoms in total. The van der Waals surface area contributed by atoms with Gasteiger partial charge in [-0.2, -0.15) is 5.10 Å². The average Bonchev–Trinajstić information content (AvgIpc) is 3.01. The summed E-state index contributed by atoms with van der Waals surface area (Å²) in [4.78, 5) is 13.8. The number of likely N-dealkylation sites (tertiary alicyclic amines) is 1. The van der Waals surface area contributed by atoms with Crippen molar-refractivity contribution in [2.45, 2.75) is 25.8 Å². The summed E-state index contributed by atoms with van der Waals surface area (Å²) in [6, 6.07) is 1.91. The van der Waals surface area contributed by atoms with Gasteiger partial charge >= 0.3 is 5.97 Å². The minimum Gasteiger partial charge on any atom is -0.481 e. The van der Waals surface area contributed by atoms with Crippen molar-refractivity contribution < 1.29 is 9.90 Å². The molecule has 1 saturated carbocycles. The van der Waals surface area contributed by atoms with Crippen molar-refractivity contribution in [1.82, 2.24) is 14.7 Å². The highest BCUT2D eigenvalue weighted by atomic mass is 16.4. The van der Waals surface area contributed by atoms with Crippen LogP contribution in [0.4, 0.5) is 0 Å². The molecule has 2 atom stereocenters. The second-order valence-corrected chi connectivity index (χ2v) is 5.55. The van der Waals surface area contributed by atoms with Gasteiger partial charge in [0.1, 0.15) is 0 Å². The Hall–Kier alpha value is -1.36. The van der Waals surface area contributed by atoms with Crippen molar-refractivity contribution >= 4 is 5.97 Å². The van der Waals surface area contributed by atoms with Gasteiger partial charge in [-0.15, -0.1) is 0 Å². The van der Waals surface area contributed by atoms with Gasteiger partial charge in [0.05, 0.1) is 12.0 Å². The predicted molar refractivity (Wildman–Crippen MR) is 66.1 cm³/mol. The van der Waals surface area contributed by atoms with Crippen LogP contribution in [-0.4, -0.2) is 45.4 Å². The lowest BCUT2D eigenvalue weighted by atomic mass is 9.81. The summed E-state index contributed by atoms with van der Waals surface area (Å²) in [5.74, 6) is -0.237. The molecule has 0 radical (unpaired) electrons. The van der Waals surface area contributed by atoms with Gasteiger partial charge < -0.3 is 10.0 Å². The molecule has 0 amide bonds. The van der Waals surface area contributed by atoms with E-state index in [0.717, 1.165) is 38.9 Å². The van der Waals surface area contributed by atoms with Crippen LogP contribution in [0.1, 0.15) is 19.3 Å². The van der Waals surface area contributed by atoms with Crippen LogP contribution in [-0.2, 0) is 11.3 Å². The van der Waals surface area contributed by atoms with E-state index in [2.05, 4.69) is 10.00 Å². The summed E-state index contributed by atoms with van der Waals surface area (Å²) < 4.78 is 1.90. The minimum atomic E-state index is -0.591. The first-order valence-corrected chi connectivity index (χ1v) is 6.64. The van der Waals surface area contributed by atoms with E-state index in [4.69, 9.17) is 0 Å². The Kier molecular flexibility index (Phi) is 2.86. The Bertz CT molecular complexity index is 431. The molecule has 0 aromatic carbocycles. The molecular formula is C13H19N3O2. The number of hydrogen-bond donors (Lipinski definition) is 1. The first-order valence-electron chi connectivity index (χ1n) is 6.64. The van der Waals surface area contributed by atoms with Crippen molar-refractivity contribution in [3.8, 4) is 0 Å². The van der Waals surface area contributed by atoms with Gasteiger partial charge in [-0.3, -0.25) is 9.48 Å². The molecule has 2 fully saturated rings. The maximum absolute atomic E-state index is 11.5. The maximum Gasteiger partial charge on any atom is 0.311 e. The molecule has 1 saturated heterocycles. The largest absolute Gasteiger partial charge is 0.481 e. The lowest BCUT2D eigenvalue weighted by molar-refractivity contribution is -0.149. The maximum atomic E-state index is 11.5. The molecule has 18 heavy (non-hydrogen) atoms. The Morgan fingerprint density at radius 2 is 2.39 bits per heavy atom. The summed E-state index contributed by atoms with van der Waals surface area (Å²) in [5.41, 5.74) is -0.454. The Labute approximate surface area is 106 Å². The van der Waals surface area contributed by atoms with Crippen molar-refractivity contribution in [1.29, 1.82) is 0 Å². The highest BCUT2D eigenvalue weighted by molar-refractivity contribution is 5.76. The molecule has 1 aliphatic carbocycles. The smallest absolute Gasteiger partial charge is 0.311 e. The summed E-state index contributed by atoms with van der Waals surface area (Å²) in [6.45, 7) is 3.39. The molecule has 2 heterocycles. The number of rotatable bonds is 4. The van der Waals surface area contributed by atoms with E-state index in [9.17, 15) is 9.90 Å². The van der Waals surface area contributed by atoms with Gasteiger partial charge in [-0.05, 0) is 24.8 Å². The molecule has 98 valence electrons. The highest BCUT2D eigenvalue weighted by Gasteiger charge is 2.54. The molecule has 1 aromatic rings. The van der Waals surface area contributed by atoms with Crippen molar-refractivity contribution in [3.05, 3.63) is 18.5 Å². The first kappa shape index (κ1) is 11.7. The topological polar surface area (TPSA) is 58.4 Å². The fourth-order valence-electron chi connectivity index (χ4n) is 3.59. The molecule has 1 aromatic heterocycles. The number of carbonyl (C=O) groups is 1. The quantitative estimate of drug-likeness (QED) is 0.867. The van der Waals surface area contributed by atoms with Gasteiger partial charge in [0.2, 0.25) is 0 Å². The van der Waals surface area contributed by atoms with Crippen LogP contribution < -0.4 is 0 Å². The Morgan fingerprint density at radius 3 is 3.06 bits per heavy atom. The lowest BCUT2D eigenvalue weighted by Crippen LogP contribution is -2.36. The number of fused-ring (bicyclic) bond motifs is 1. The fourth-order valence-corrected chi connectivity index (χ4v) is 3.59. The molecule has 1 N–H and O–H groups in total. The molecule has 0 unspecified atom stereocenters. The summed E-state index contributed by atoms with van der Waals surface area (Å²) >= 11 is 0. The molecule has 0 bridgehead atoms. The fraction of sp³-hybridized carbons (Fsp3) is 0.692. The first-order chi connectivity index (χ1) is 8.71. The normalized spacial score (nSPS) is 31.7. The number of aromatic nitrogens is 2. The summed E-state index contributed by atoms with van der Waals surface area (Å²) in [6.07, 6.45) is 6.72. The third-order valence-corrected chi connectivity index (χ3v) is 4.57. The Balaban J connectivity index is 1.62. The predicted octanol–water partition coefficient (Wildman–Crippen LogP) is 1.07. The number of aliphatic carboxylic acids is 1. The third kappa shape index (κ3) is 1.82. The van der Waals surface area contributed by atoms with Gasteiger partial charge in [0.25, 0.3) is 0 Å². The van der Waals surface area contributed by atoms with Crippen LogP contribution in [0.5, 0.6) is 0 Å². The van der Waals surface area contributed by atoms with Crippen LogP contribution in [0.25, 0.3) is 0 Å². The van der Waals surface area contributed by atoms with Crippen LogP contribution in [0.3, 0.4) is 0 Å². The SMILES string of the molecule is O=C(O)[C@@]12CCC[C@H]1CN(CCn1cccn1)C2. The van der Waals surface area contributed by atoms with Crippen LogP contribution in [0.15, 0.2) is 18.5 Å². The number of carboxylic acid groups (broad SMARTS) is 1. The third-order valence-electron chi connectivity index (χ3n) is 4.57. The van der Waals surface area contributed by atoms with Gasteiger partial charge in [0, 0.05) is 32.0 Å². The van der Waals surface area contributed by atoms with E-state index < -0.39 is 11.4 Å². The number of hydrogen-bond acceptors (Lipinski definition) is 3. The minimum absolute atomic E-state index is 0.354. The molecule has 5 heteroatoms. The Morgan fingerprint density at radius 1 is 1.50 bits per heavy atom. The van der Waals surface area contributed by atoms with Crippen LogP contribution in [0.2, 0.25) is 0 Å². The number of carboxylic acids is 1. The van der Waals surface area contributed by atoms with Crippen molar-refractivity contribution in [3.63, 3.8) is 0 Å². The van der Waals surface area contributed by atoms with E-state index >= 15 is 0 Å². The van der Waals surface area contributed by atoms with E-state index in [1.54, 1.807) is 6.20 Å². The molecular weight excluding hydrogens is 230 g/mol. The van der Waals surface area contributed by atoms with E-state index in [-0.39, 0.29) is 0 Å². The molecule has 0 spiro atoms. The summed E-state index contributed by atoms with van der Waals surface area (Å²) in [5, 5.41) is 13.7. The van der Waals surface area contributed by atoms with Gasteiger partial charge in [-0.25, -0.2) is 0 Å². The van der Waals surface area contributed by atoms with Crippen LogP contribution >= 0.6 is 0 Å². The monoisotopic (exact) mass is 249 g/mol. The zero-order chi connectivity index (χ0) is 12.6. The summed E-state index contributed by atoms with van der Waals surface area (Å²) in [7, 11) is 0. The zero-order valence-corrected chi connectivity index (χ0v) is 10.5. The van der Waals surface area contributed by atoms with E-state index in [1.165, 1.54) is 0 Å². The highest BCUT2D eigenvalue weighted by Crippen LogP contribution is 2.48. The second kappa shape index (κ2) is 4.39. The second-order valence-electron chi connectivity index (χ2n) is 5.55. The van der Waals surface area contributed by atoms with Crippen LogP contribution in [0, 0.1) is 11.3 Å². The average molecular weight is 249 g/mol. The molecule has 3 rings (SSSR count). The number of nitrogens with zero attached hydrogens (tertiary/aromatic N) is 3. The van der Waals surface area contributed by atoms with Crippen molar-refractivity contribution in [2.24, 2.45) is 11.3 Å². The van der Waals surface area contributed by atoms with Crippen molar-refractivity contribution in [2.75, 3.05) is 19.6 Å². The lowest BCUT2D eigenvalue weighted by Gasteiger charge is -2.23. The van der Waals surface area contributed by atoms with Gasteiger partial charge in [-0.1, -0.05) is 6.42 Å². The molecule has 1 aliphatic heterocycles. The van der Waals surface area contributed by atoms with E-state index in [1.807, 2.05) is 16.9 Å².